The lowest BCUT2D eigenvalue weighted by atomic mass is 10.1. The first-order chi connectivity index (χ1) is 16.3. The number of aromatic amines is 1. The van der Waals surface area contributed by atoms with Crippen molar-refractivity contribution in [3.05, 3.63) is 54.4 Å². The number of halogens is 3. The molecule has 0 bridgehead atoms. The molecule has 0 saturated carbocycles. The highest BCUT2D eigenvalue weighted by Crippen LogP contribution is 2.36. The molecule has 1 fully saturated rings. The molecule has 1 aliphatic rings. The van der Waals surface area contributed by atoms with Gasteiger partial charge in [-0.05, 0) is 48.6 Å². The number of nitrogens with one attached hydrogen (secondary N) is 3. The maximum atomic E-state index is 13.1. The smallest absolute Gasteiger partial charge is 0.388 e. The highest BCUT2D eigenvalue weighted by atomic mass is 32.1. The molecule has 34 heavy (non-hydrogen) atoms. The summed E-state index contributed by atoms with van der Waals surface area (Å²) in [6.07, 6.45) is -2.97. The first-order valence-corrected chi connectivity index (χ1v) is 11.2. The molecule has 0 spiro atoms. The van der Waals surface area contributed by atoms with Gasteiger partial charge in [0.2, 0.25) is 0 Å². The van der Waals surface area contributed by atoms with Gasteiger partial charge in [0.25, 0.3) is 0 Å². The van der Waals surface area contributed by atoms with Crippen LogP contribution in [0.15, 0.2) is 48.8 Å². The van der Waals surface area contributed by atoms with Crippen molar-refractivity contribution in [1.29, 1.82) is 0 Å². The van der Waals surface area contributed by atoms with Crippen LogP contribution in [0.1, 0.15) is 5.56 Å². The summed E-state index contributed by atoms with van der Waals surface area (Å²) < 4.78 is 39.4. The van der Waals surface area contributed by atoms with Crippen molar-refractivity contribution < 1.29 is 13.2 Å². The van der Waals surface area contributed by atoms with Crippen LogP contribution in [-0.4, -0.2) is 58.2 Å². The lowest BCUT2D eigenvalue weighted by Gasteiger charge is -2.37. The Balaban J connectivity index is 1.33. The van der Waals surface area contributed by atoms with Crippen LogP contribution in [0.25, 0.3) is 21.9 Å². The van der Waals surface area contributed by atoms with E-state index in [0.717, 1.165) is 28.9 Å². The lowest BCUT2D eigenvalue weighted by molar-refractivity contribution is -0.137. The van der Waals surface area contributed by atoms with Crippen molar-refractivity contribution in [2.24, 2.45) is 0 Å². The fraction of sp³-hybridized carbons (Fsp3) is 0.261. The molecule has 3 heterocycles. The molecule has 0 unspecified atom stereocenters. The van der Waals surface area contributed by atoms with Gasteiger partial charge < -0.3 is 25.4 Å². The van der Waals surface area contributed by atoms with E-state index in [1.165, 1.54) is 12.4 Å². The zero-order chi connectivity index (χ0) is 23.9. The van der Waals surface area contributed by atoms with Gasteiger partial charge in [0, 0.05) is 55.5 Å². The molecule has 2 aromatic heterocycles. The monoisotopic (exact) mass is 485 g/mol. The number of anilines is 3. The van der Waals surface area contributed by atoms with Crippen LogP contribution >= 0.6 is 12.2 Å². The molecule has 2 aromatic carbocycles. The number of nitrogens with zero attached hydrogens (tertiary/aromatic N) is 4. The lowest BCUT2D eigenvalue weighted by Crippen LogP contribution is -2.50. The molecule has 3 N–H and O–H groups in total. The van der Waals surface area contributed by atoms with Crippen LogP contribution in [0.4, 0.5) is 30.4 Å². The Bertz CT molecular complexity index is 1340. The quantitative estimate of drug-likeness (QED) is 0.364. The number of rotatable bonds is 3. The third kappa shape index (κ3) is 4.18. The number of thiocarbonyl (C=S) groups is 1. The second-order valence-corrected chi connectivity index (χ2v) is 8.42. The van der Waals surface area contributed by atoms with Crippen LogP contribution in [0, 0.1) is 0 Å². The molecular formula is C23H22F3N7S. The number of aromatic nitrogens is 3. The van der Waals surface area contributed by atoms with Crippen LogP contribution in [0.5, 0.6) is 0 Å². The second-order valence-electron chi connectivity index (χ2n) is 8.04. The molecule has 0 aliphatic carbocycles. The summed E-state index contributed by atoms with van der Waals surface area (Å²) in [5, 5.41) is 8.40. The van der Waals surface area contributed by atoms with Crippen LogP contribution in [0.3, 0.4) is 0 Å². The first kappa shape index (κ1) is 22.2. The van der Waals surface area contributed by atoms with E-state index in [9.17, 15) is 13.2 Å². The van der Waals surface area contributed by atoms with Crippen LogP contribution in [0.2, 0.25) is 0 Å². The van der Waals surface area contributed by atoms with Crippen molar-refractivity contribution in [1.82, 2.24) is 19.9 Å². The fourth-order valence-corrected chi connectivity index (χ4v) is 4.47. The Kier molecular flexibility index (Phi) is 5.64. The number of fused-ring (bicyclic) bond motifs is 3. The van der Waals surface area contributed by atoms with E-state index < -0.39 is 11.7 Å². The van der Waals surface area contributed by atoms with E-state index in [4.69, 9.17) is 12.2 Å². The Morgan fingerprint density at radius 3 is 2.38 bits per heavy atom. The highest BCUT2D eigenvalue weighted by molar-refractivity contribution is 7.80. The largest absolute Gasteiger partial charge is 0.416 e. The normalized spacial score (nSPS) is 14.6. The Labute approximate surface area is 199 Å². The van der Waals surface area contributed by atoms with Gasteiger partial charge in [-0.3, -0.25) is 0 Å². The average Bonchev–Trinajstić information content (AvgIpc) is 3.22. The van der Waals surface area contributed by atoms with Gasteiger partial charge in [-0.25, -0.2) is 9.97 Å². The maximum Gasteiger partial charge on any atom is 0.416 e. The topological polar surface area (TPSA) is 72.1 Å². The van der Waals surface area contributed by atoms with E-state index in [2.05, 4.69) is 35.4 Å². The second kappa shape index (κ2) is 8.64. The van der Waals surface area contributed by atoms with Crippen molar-refractivity contribution in [2.75, 3.05) is 48.8 Å². The molecule has 1 aliphatic heterocycles. The van der Waals surface area contributed by atoms with Crippen LogP contribution < -0.4 is 15.5 Å². The third-order valence-corrected chi connectivity index (χ3v) is 6.35. The van der Waals surface area contributed by atoms with E-state index in [0.29, 0.717) is 53.7 Å². The predicted molar refractivity (Wildman–Crippen MR) is 132 cm³/mol. The molecule has 4 aromatic rings. The minimum atomic E-state index is -4.41. The Morgan fingerprint density at radius 2 is 1.71 bits per heavy atom. The summed E-state index contributed by atoms with van der Waals surface area (Å²) >= 11 is 5.60. The minimum Gasteiger partial charge on any atom is -0.388 e. The number of piperazine rings is 1. The molecule has 0 radical (unpaired) electrons. The predicted octanol–water partition coefficient (Wildman–Crippen LogP) is 4.69. The summed E-state index contributed by atoms with van der Waals surface area (Å²) in [7, 11) is 1.87. The standard InChI is InChI=1S/C23H22F3N7S/c1-27-15-3-5-16(6-4-15)30-22(34)33-10-8-32(9-11-33)21-19-17-7-2-14(23(24,25)26)12-18(17)31-20(19)28-13-29-21/h2-7,12-13,27H,8-11H2,1H3,(H,30,34)(H,28,29,31). The Morgan fingerprint density at radius 1 is 1.00 bits per heavy atom. The summed E-state index contributed by atoms with van der Waals surface area (Å²) in [5.41, 5.74) is 2.15. The highest BCUT2D eigenvalue weighted by Gasteiger charge is 2.31. The van der Waals surface area contributed by atoms with Gasteiger partial charge in [0.05, 0.1) is 10.9 Å². The summed E-state index contributed by atoms with van der Waals surface area (Å²) in [6.45, 7) is 2.71. The van der Waals surface area contributed by atoms with Gasteiger partial charge in [-0.2, -0.15) is 13.2 Å². The number of H-pyrrole nitrogens is 1. The van der Waals surface area contributed by atoms with Crippen molar-refractivity contribution in [2.45, 2.75) is 6.18 Å². The number of hydrogen-bond donors (Lipinski definition) is 3. The van der Waals surface area contributed by atoms with E-state index >= 15 is 0 Å². The molecule has 7 nitrogen and oxygen atoms in total. The number of benzene rings is 2. The Hall–Kier alpha value is -3.60. The molecule has 11 heteroatoms. The summed E-state index contributed by atoms with van der Waals surface area (Å²) in [6, 6.07) is 11.6. The van der Waals surface area contributed by atoms with Crippen molar-refractivity contribution >= 4 is 56.5 Å². The molecule has 0 amide bonds. The SMILES string of the molecule is CNc1ccc(NC(=S)N2CCN(c3ncnc4[nH]c5cc(C(F)(F)F)ccc5c34)CC2)cc1. The molecule has 1 saturated heterocycles. The molecule has 0 atom stereocenters. The van der Waals surface area contributed by atoms with E-state index in [1.807, 2.05) is 31.3 Å². The summed E-state index contributed by atoms with van der Waals surface area (Å²) in [5.74, 6) is 0.706. The number of hydrogen-bond acceptors (Lipinski definition) is 5. The molecular weight excluding hydrogens is 463 g/mol. The van der Waals surface area contributed by atoms with Crippen molar-refractivity contribution in [3.8, 4) is 0 Å². The molecule has 176 valence electrons. The minimum absolute atomic E-state index is 0.389. The maximum absolute atomic E-state index is 13.1. The average molecular weight is 486 g/mol. The van der Waals surface area contributed by atoms with Gasteiger partial charge in [-0.15, -0.1) is 0 Å². The van der Waals surface area contributed by atoms with Crippen LogP contribution in [-0.2, 0) is 6.18 Å². The zero-order valence-electron chi connectivity index (χ0n) is 18.3. The van der Waals surface area contributed by atoms with Crippen molar-refractivity contribution in [3.63, 3.8) is 0 Å². The first-order valence-electron chi connectivity index (χ1n) is 10.8. The molecule has 5 rings (SSSR count). The van der Waals surface area contributed by atoms with E-state index in [1.54, 1.807) is 0 Å². The zero-order valence-corrected chi connectivity index (χ0v) is 19.1. The summed E-state index contributed by atoms with van der Waals surface area (Å²) in [4.78, 5) is 16.0. The van der Waals surface area contributed by atoms with Gasteiger partial charge in [-0.1, -0.05) is 6.07 Å². The van der Waals surface area contributed by atoms with E-state index in [-0.39, 0.29) is 0 Å². The van der Waals surface area contributed by atoms with Gasteiger partial charge in [0.1, 0.15) is 17.8 Å². The fourth-order valence-electron chi connectivity index (χ4n) is 4.17. The van der Waals surface area contributed by atoms with Gasteiger partial charge in [0.15, 0.2) is 5.11 Å². The number of alkyl halides is 3. The van der Waals surface area contributed by atoms with Gasteiger partial charge >= 0.3 is 6.18 Å². The third-order valence-electron chi connectivity index (χ3n) is 5.99.